The van der Waals surface area contributed by atoms with Crippen molar-refractivity contribution >= 4 is 21.7 Å². The van der Waals surface area contributed by atoms with Crippen molar-refractivity contribution in [2.24, 2.45) is 4.99 Å². The van der Waals surface area contributed by atoms with E-state index in [1.165, 1.54) is 5.56 Å². The Morgan fingerprint density at radius 2 is 1.90 bits per heavy atom. The minimum atomic E-state index is -2.98. The molecule has 160 valence electrons. The van der Waals surface area contributed by atoms with Crippen LogP contribution in [0.25, 0.3) is 0 Å². The molecule has 2 aliphatic rings. The second-order valence-electron chi connectivity index (χ2n) is 7.64. The van der Waals surface area contributed by atoms with E-state index in [0.717, 1.165) is 38.7 Å². The lowest BCUT2D eigenvalue weighted by molar-refractivity contribution is -0.121. The van der Waals surface area contributed by atoms with Crippen molar-refractivity contribution in [3.63, 3.8) is 0 Å². The molecule has 2 fully saturated rings. The number of piperazine rings is 1. The van der Waals surface area contributed by atoms with Gasteiger partial charge >= 0.3 is 0 Å². The summed E-state index contributed by atoms with van der Waals surface area (Å²) in [6.45, 7) is 5.13. The minimum absolute atomic E-state index is 0.0566. The number of amides is 1. The maximum atomic E-state index is 12.1. The fraction of sp³-hybridized carbons (Fsp3) is 0.600. The number of hydrogen-bond acceptors (Lipinski definition) is 5. The summed E-state index contributed by atoms with van der Waals surface area (Å²) < 4.78 is 23.0. The molecule has 1 aromatic carbocycles. The topological polar surface area (TPSA) is 94.1 Å². The average molecular weight is 422 g/mol. The van der Waals surface area contributed by atoms with E-state index in [4.69, 9.17) is 0 Å². The van der Waals surface area contributed by atoms with Gasteiger partial charge in [0.25, 0.3) is 0 Å². The van der Waals surface area contributed by atoms with Crippen LogP contribution in [0.3, 0.4) is 0 Å². The molecule has 0 aliphatic carbocycles. The van der Waals surface area contributed by atoms with Crippen molar-refractivity contribution in [1.29, 1.82) is 0 Å². The van der Waals surface area contributed by atoms with Gasteiger partial charge in [-0.2, -0.15) is 0 Å². The third-order valence-corrected chi connectivity index (χ3v) is 7.13. The molecule has 8 nitrogen and oxygen atoms in total. The van der Waals surface area contributed by atoms with Crippen molar-refractivity contribution in [1.82, 2.24) is 20.4 Å². The van der Waals surface area contributed by atoms with E-state index >= 15 is 0 Å². The lowest BCUT2D eigenvalue weighted by atomic mass is 10.2. The van der Waals surface area contributed by atoms with E-state index in [2.05, 4.69) is 49.7 Å². The highest BCUT2D eigenvalue weighted by Gasteiger charge is 2.28. The number of benzene rings is 1. The van der Waals surface area contributed by atoms with Gasteiger partial charge in [-0.1, -0.05) is 30.3 Å². The predicted octanol–water partition coefficient (Wildman–Crippen LogP) is 0.0730. The number of nitrogens with one attached hydrogen (secondary N) is 2. The standard InChI is InChI=1S/C20H31N5O3S/c1-21-20(22-9-7-19(26)23-18-8-14-29(27,28)16-18)25-12-10-24(11-13-25)15-17-5-3-2-4-6-17/h2-6,18H,7-16H2,1H3,(H,21,22)(H,23,26). The van der Waals surface area contributed by atoms with Gasteiger partial charge in [-0.3, -0.25) is 14.7 Å². The van der Waals surface area contributed by atoms with Crippen LogP contribution in [-0.4, -0.2) is 87.4 Å². The summed E-state index contributed by atoms with van der Waals surface area (Å²) in [5, 5.41) is 6.07. The van der Waals surface area contributed by atoms with E-state index in [0.29, 0.717) is 19.4 Å². The lowest BCUT2D eigenvalue weighted by Crippen LogP contribution is -2.52. The second-order valence-corrected chi connectivity index (χ2v) is 9.87. The van der Waals surface area contributed by atoms with Gasteiger partial charge in [-0.15, -0.1) is 0 Å². The van der Waals surface area contributed by atoms with Gasteiger partial charge in [0.2, 0.25) is 5.91 Å². The number of aliphatic imine (C=N–C) groups is 1. The summed E-state index contributed by atoms with van der Waals surface area (Å²) in [4.78, 5) is 21.1. The van der Waals surface area contributed by atoms with Crippen LogP contribution >= 0.6 is 0 Å². The van der Waals surface area contributed by atoms with Crippen LogP contribution in [-0.2, 0) is 21.2 Å². The van der Waals surface area contributed by atoms with Crippen molar-refractivity contribution < 1.29 is 13.2 Å². The van der Waals surface area contributed by atoms with Crippen molar-refractivity contribution in [2.75, 3.05) is 51.3 Å². The largest absolute Gasteiger partial charge is 0.356 e. The Kier molecular flexibility index (Phi) is 7.49. The quantitative estimate of drug-likeness (QED) is 0.499. The monoisotopic (exact) mass is 421 g/mol. The molecule has 2 N–H and O–H groups in total. The average Bonchev–Trinajstić information content (AvgIpc) is 3.05. The maximum Gasteiger partial charge on any atom is 0.222 e. The van der Waals surface area contributed by atoms with E-state index in [1.807, 2.05) is 6.07 Å². The molecule has 1 amide bonds. The van der Waals surface area contributed by atoms with E-state index in [-0.39, 0.29) is 23.5 Å². The summed E-state index contributed by atoms with van der Waals surface area (Å²) in [6, 6.07) is 10.2. The normalized spacial score (nSPS) is 22.4. The summed E-state index contributed by atoms with van der Waals surface area (Å²) in [7, 11) is -1.23. The van der Waals surface area contributed by atoms with Gasteiger partial charge in [0.1, 0.15) is 0 Å². The molecule has 2 aliphatic heterocycles. The molecule has 2 heterocycles. The number of carbonyl (C=O) groups excluding carboxylic acids is 1. The summed E-state index contributed by atoms with van der Waals surface area (Å²) in [5.74, 6) is 0.906. The fourth-order valence-electron chi connectivity index (χ4n) is 3.79. The molecule has 29 heavy (non-hydrogen) atoms. The zero-order chi connectivity index (χ0) is 20.7. The molecule has 0 bridgehead atoms. The Hall–Kier alpha value is -2.13. The number of hydrogen-bond donors (Lipinski definition) is 2. The molecule has 9 heteroatoms. The Morgan fingerprint density at radius 3 is 2.52 bits per heavy atom. The first-order valence-corrected chi connectivity index (χ1v) is 12.0. The molecular formula is C20H31N5O3S. The smallest absolute Gasteiger partial charge is 0.222 e. The number of sulfone groups is 1. The third-order valence-electron chi connectivity index (χ3n) is 5.37. The van der Waals surface area contributed by atoms with Crippen LogP contribution < -0.4 is 10.6 Å². The molecule has 0 radical (unpaired) electrons. The Labute approximate surface area is 173 Å². The molecule has 0 spiro atoms. The fourth-order valence-corrected chi connectivity index (χ4v) is 5.46. The van der Waals surface area contributed by atoms with Crippen LogP contribution in [0.1, 0.15) is 18.4 Å². The molecule has 0 saturated carbocycles. The molecule has 1 unspecified atom stereocenters. The highest BCUT2D eigenvalue weighted by molar-refractivity contribution is 7.91. The number of rotatable bonds is 6. The maximum absolute atomic E-state index is 12.1. The molecule has 2 saturated heterocycles. The third kappa shape index (κ3) is 6.71. The van der Waals surface area contributed by atoms with Crippen molar-refractivity contribution in [3.05, 3.63) is 35.9 Å². The first-order valence-electron chi connectivity index (χ1n) is 10.2. The molecule has 1 atom stereocenters. The van der Waals surface area contributed by atoms with E-state index in [9.17, 15) is 13.2 Å². The number of carbonyl (C=O) groups is 1. The Morgan fingerprint density at radius 1 is 1.17 bits per heavy atom. The van der Waals surface area contributed by atoms with Gasteiger partial charge < -0.3 is 15.5 Å². The van der Waals surface area contributed by atoms with Gasteiger partial charge in [-0.25, -0.2) is 8.42 Å². The summed E-state index contributed by atoms with van der Waals surface area (Å²) in [6.07, 6.45) is 0.806. The van der Waals surface area contributed by atoms with E-state index < -0.39 is 9.84 Å². The zero-order valence-electron chi connectivity index (χ0n) is 17.0. The van der Waals surface area contributed by atoms with Crippen molar-refractivity contribution in [3.8, 4) is 0 Å². The van der Waals surface area contributed by atoms with Gasteiger partial charge in [0.15, 0.2) is 15.8 Å². The molecular weight excluding hydrogens is 390 g/mol. The van der Waals surface area contributed by atoms with Crippen LogP contribution in [0.4, 0.5) is 0 Å². The lowest BCUT2D eigenvalue weighted by Gasteiger charge is -2.36. The first kappa shape index (κ1) is 21.6. The Balaban J connectivity index is 1.36. The number of nitrogens with zero attached hydrogens (tertiary/aromatic N) is 3. The van der Waals surface area contributed by atoms with Crippen LogP contribution in [0.15, 0.2) is 35.3 Å². The highest BCUT2D eigenvalue weighted by Crippen LogP contribution is 2.11. The highest BCUT2D eigenvalue weighted by atomic mass is 32.2. The predicted molar refractivity (Wildman–Crippen MR) is 114 cm³/mol. The molecule has 0 aromatic heterocycles. The number of guanidine groups is 1. The van der Waals surface area contributed by atoms with Crippen molar-refractivity contribution in [2.45, 2.75) is 25.4 Å². The van der Waals surface area contributed by atoms with Gasteiger partial charge in [0, 0.05) is 58.8 Å². The minimum Gasteiger partial charge on any atom is -0.356 e. The summed E-state index contributed by atoms with van der Waals surface area (Å²) in [5.41, 5.74) is 1.32. The molecule has 1 aromatic rings. The van der Waals surface area contributed by atoms with Gasteiger partial charge in [-0.05, 0) is 12.0 Å². The summed E-state index contributed by atoms with van der Waals surface area (Å²) >= 11 is 0. The first-order chi connectivity index (χ1) is 13.9. The Bertz CT molecular complexity index is 805. The van der Waals surface area contributed by atoms with Crippen LogP contribution in [0.2, 0.25) is 0 Å². The van der Waals surface area contributed by atoms with Gasteiger partial charge in [0.05, 0.1) is 11.5 Å². The van der Waals surface area contributed by atoms with Crippen LogP contribution in [0.5, 0.6) is 0 Å². The zero-order valence-corrected chi connectivity index (χ0v) is 17.8. The second kappa shape index (κ2) is 10.1. The van der Waals surface area contributed by atoms with E-state index in [1.54, 1.807) is 7.05 Å². The molecule has 3 rings (SSSR count). The SMILES string of the molecule is CN=C(NCCC(=O)NC1CCS(=O)(=O)C1)N1CCN(Cc2ccccc2)CC1. The van der Waals surface area contributed by atoms with Crippen LogP contribution in [0, 0.1) is 0 Å².